The molecule has 10 heavy (non-hydrogen) atoms. The van der Waals surface area contributed by atoms with Gasteiger partial charge in [0.2, 0.25) is 0 Å². The van der Waals surface area contributed by atoms with E-state index in [4.69, 9.17) is 12.2 Å². The summed E-state index contributed by atoms with van der Waals surface area (Å²) in [4.78, 5) is 0. The summed E-state index contributed by atoms with van der Waals surface area (Å²) in [6, 6.07) is 0. The van der Waals surface area contributed by atoms with Crippen molar-refractivity contribution in [3.05, 3.63) is 22.2 Å². The van der Waals surface area contributed by atoms with Gasteiger partial charge in [0.25, 0.3) is 0 Å². The zero-order valence-electron chi connectivity index (χ0n) is 5.64. The first kappa shape index (κ1) is 8.15. The number of rotatable bonds is 2. The van der Waals surface area contributed by atoms with Crippen LogP contribution in [0.5, 0.6) is 0 Å². The highest BCUT2D eigenvalue weighted by Crippen LogP contribution is 2.22. The van der Waals surface area contributed by atoms with E-state index in [1.807, 2.05) is 0 Å². The predicted molar refractivity (Wildman–Crippen MR) is 52.6 cm³/mol. The van der Waals surface area contributed by atoms with Crippen LogP contribution in [0.4, 0.5) is 0 Å². The van der Waals surface area contributed by atoms with Gasteiger partial charge in [0.15, 0.2) is 0 Å². The molecule has 0 N–H and O–H groups in total. The van der Waals surface area contributed by atoms with Gasteiger partial charge in [-0.3, -0.25) is 0 Å². The minimum absolute atomic E-state index is 0.921. The fraction of sp³-hybridized carbons (Fsp3) is 0.375. The van der Waals surface area contributed by atoms with Crippen molar-refractivity contribution in [2.24, 2.45) is 0 Å². The summed E-state index contributed by atoms with van der Waals surface area (Å²) < 4.78 is 1.29. The van der Waals surface area contributed by atoms with Gasteiger partial charge < -0.3 is 0 Å². The molecular formula is C8H9BrS. The maximum atomic E-state index is 4.76. The molecule has 0 heterocycles. The number of thiocarbonyl (C=S) groups is 1. The van der Waals surface area contributed by atoms with E-state index in [1.54, 1.807) is 5.37 Å². The van der Waals surface area contributed by atoms with Crippen LogP contribution in [0.25, 0.3) is 0 Å². The second-order valence-electron chi connectivity index (χ2n) is 2.28. The zero-order chi connectivity index (χ0) is 7.40. The van der Waals surface area contributed by atoms with Gasteiger partial charge in [-0.15, -0.1) is 0 Å². The van der Waals surface area contributed by atoms with E-state index in [1.165, 1.54) is 10.1 Å². The topological polar surface area (TPSA) is 0 Å². The van der Waals surface area contributed by atoms with Crippen molar-refractivity contribution in [3.63, 3.8) is 0 Å². The van der Waals surface area contributed by atoms with Gasteiger partial charge >= 0.3 is 0 Å². The van der Waals surface area contributed by atoms with E-state index in [9.17, 15) is 0 Å². The summed E-state index contributed by atoms with van der Waals surface area (Å²) in [5.74, 6) is 0. The lowest BCUT2D eigenvalue weighted by Gasteiger charge is -2.06. The van der Waals surface area contributed by atoms with Crippen LogP contribution in [0.3, 0.4) is 0 Å². The highest BCUT2D eigenvalue weighted by Gasteiger charge is 2.00. The fourth-order valence-electron chi connectivity index (χ4n) is 0.966. The second-order valence-corrected chi connectivity index (χ2v) is 3.63. The summed E-state index contributed by atoms with van der Waals surface area (Å²) in [5.41, 5.74) is 1.34. The first-order valence-electron chi connectivity index (χ1n) is 3.31. The maximum Gasteiger partial charge on any atom is 0.000487 e. The van der Waals surface area contributed by atoms with Crippen molar-refractivity contribution in [3.8, 4) is 0 Å². The molecule has 0 aromatic heterocycles. The zero-order valence-corrected chi connectivity index (χ0v) is 8.04. The van der Waals surface area contributed by atoms with Gasteiger partial charge in [0.1, 0.15) is 0 Å². The third kappa shape index (κ3) is 2.35. The molecular weight excluding hydrogens is 208 g/mol. The van der Waals surface area contributed by atoms with Gasteiger partial charge in [0, 0.05) is 6.42 Å². The van der Waals surface area contributed by atoms with Crippen LogP contribution in [-0.4, -0.2) is 5.37 Å². The normalized spacial score (nSPS) is 17.7. The summed E-state index contributed by atoms with van der Waals surface area (Å²) in [7, 11) is 0. The first-order chi connectivity index (χ1) is 4.83. The van der Waals surface area contributed by atoms with E-state index < -0.39 is 0 Å². The Kier molecular flexibility index (Phi) is 3.29. The molecule has 0 radical (unpaired) electrons. The Morgan fingerprint density at radius 1 is 1.70 bits per heavy atom. The van der Waals surface area contributed by atoms with Crippen molar-refractivity contribution in [1.29, 1.82) is 0 Å². The summed E-state index contributed by atoms with van der Waals surface area (Å²) in [6.45, 7) is 0. The third-order valence-electron chi connectivity index (χ3n) is 1.45. The molecule has 1 aliphatic carbocycles. The van der Waals surface area contributed by atoms with Gasteiger partial charge in [-0.05, 0) is 34.3 Å². The lowest BCUT2D eigenvalue weighted by atomic mass is 10.1. The van der Waals surface area contributed by atoms with Crippen LogP contribution in [0, 0.1) is 0 Å². The van der Waals surface area contributed by atoms with Crippen LogP contribution in [0.1, 0.15) is 19.3 Å². The standard InChI is InChI=1S/C8H9BrS/c9-8-3-1-2-7(6-8)4-5-10/h2,5-6H,1,3-4H2. The van der Waals surface area contributed by atoms with Crippen molar-refractivity contribution in [1.82, 2.24) is 0 Å². The molecule has 0 atom stereocenters. The minimum Gasteiger partial charge on any atom is -0.0931 e. The molecule has 54 valence electrons. The molecule has 0 spiro atoms. The third-order valence-corrected chi connectivity index (χ3v) is 2.24. The number of hydrogen-bond acceptors (Lipinski definition) is 1. The average Bonchev–Trinajstić information content (AvgIpc) is 1.88. The van der Waals surface area contributed by atoms with Crippen molar-refractivity contribution >= 4 is 33.5 Å². The highest BCUT2D eigenvalue weighted by atomic mass is 79.9. The van der Waals surface area contributed by atoms with Crippen LogP contribution in [-0.2, 0) is 0 Å². The van der Waals surface area contributed by atoms with Crippen molar-refractivity contribution in [2.45, 2.75) is 19.3 Å². The smallest absolute Gasteiger partial charge is 0.000487 e. The molecule has 0 fully saturated rings. The monoisotopic (exact) mass is 216 g/mol. The van der Waals surface area contributed by atoms with Crippen LogP contribution >= 0.6 is 28.1 Å². The molecule has 0 amide bonds. The van der Waals surface area contributed by atoms with E-state index in [-0.39, 0.29) is 0 Å². The Bertz CT molecular complexity index is 191. The number of halogens is 1. The molecule has 0 saturated heterocycles. The van der Waals surface area contributed by atoms with Crippen LogP contribution < -0.4 is 0 Å². The Morgan fingerprint density at radius 2 is 2.50 bits per heavy atom. The quantitative estimate of drug-likeness (QED) is 0.639. The van der Waals surface area contributed by atoms with Crippen molar-refractivity contribution < 1.29 is 0 Å². The Hall–Kier alpha value is 0.0500. The van der Waals surface area contributed by atoms with Crippen LogP contribution in [0.15, 0.2) is 22.2 Å². The molecule has 0 unspecified atom stereocenters. The Morgan fingerprint density at radius 3 is 3.10 bits per heavy atom. The average molecular weight is 217 g/mol. The summed E-state index contributed by atoms with van der Waals surface area (Å²) in [6.07, 6.45) is 7.61. The lowest BCUT2D eigenvalue weighted by molar-refractivity contribution is 0.999. The van der Waals surface area contributed by atoms with E-state index in [0.29, 0.717) is 0 Å². The van der Waals surface area contributed by atoms with Gasteiger partial charge in [0.05, 0.1) is 0 Å². The fourth-order valence-corrected chi connectivity index (χ4v) is 1.68. The molecule has 0 bridgehead atoms. The largest absolute Gasteiger partial charge is 0.0931 e. The molecule has 0 aliphatic heterocycles. The minimum atomic E-state index is 0.921. The Balaban J connectivity index is 2.59. The van der Waals surface area contributed by atoms with Gasteiger partial charge in [-0.2, -0.15) is 0 Å². The summed E-state index contributed by atoms with van der Waals surface area (Å²) in [5, 5.41) is 1.77. The maximum absolute atomic E-state index is 4.76. The predicted octanol–water partition coefficient (Wildman–Crippen LogP) is 3.38. The van der Waals surface area contributed by atoms with Crippen LogP contribution in [0.2, 0.25) is 0 Å². The van der Waals surface area contributed by atoms with Crippen molar-refractivity contribution in [2.75, 3.05) is 0 Å². The molecule has 1 aliphatic rings. The lowest BCUT2D eigenvalue weighted by Crippen LogP contribution is -1.87. The highest BCUT2D eigenvalue weighted by molar-refractivity contribution is 9.11. The first-order valence-corrected chi connectivity index (χ1v) is 4.58. The van der Waals surface area contributed by atoms with Gasteiger partial charge in [-0.1, -0.05) is 34.2 Å². The molecule has 0 saturated carbocycles. The van der Waals surface area contributed by atoms with Gasteiger partial charge in [-0.25, -0.2) is 0 Å². The molecule has 0 aromatic carbocycles. The second kappa shape index (κ2) is 4.04. The molecule has 0 aromatic rings. The molecule has 1 rings (SSSR count). The Labute approximate surface area is 75.1 Å². The number of hydrogen-bond donors (Lipinski definition) is 0. The summed E-state index contributed by atoms with van der Waals surface area (Å²) >= 11 is 8.23. The van der Waals surface area contributed by atoms with E-state index >= 15 is 0 Å². The molecule has 0 nitrogen and oxygen atoms in total. The van der Waals surface area contributed by atoms with E-state index in [2.05, 4.69) is 28.1 Å². The molecule has 2 heteroatoms. The van der Waals surface area contributed by atoms with E-state index in [0.717, 1.165) is 19.3 Å². The SMILES string of the molecule is S=CCC1=CCCC(Br)=C1. The number of allylic oxidation sites excluding steroid dienone is 4.